The minimum Gasteiger partial charge on any atom is -0.488 e. The molecule has 1 atom stereocenters. The topological polar surface area (TPSA) is 58.7 Å². The van der Waals surface area contributed by atoms with Crippen LogP contribution in [-0.2, 0) is 0 Å². The van der Waals surface area contributed by atoms with E-state index in [2.05, 4.69) is 4.90 Å². The van der Waals surface area contributed by atoms with Gasteiger partial charge in [0.1, 0.15) is 11.9 Å². The summed E-state index contributed by atoms with van der Waals surface area (Å²) in [6, 6.07) is 5.62. The highest BCUT2D eigenvalue weighted by Gasteiger charge is 2.28. The summed E-state index contributed by atoms with van der Waals surface area (Å²) in [5.41, 5.74) is 6.70. The smallest absolute Gasteiger partial charge is 0.124 e. The molecule has 0 amide bonds. The van der Waals surface area contributed by atoms with E-state index in [4.69, 9.17) is 27.2 Å². The molecule has 5 heteroatoms. The molecule has 0 aliphatic carbocycles. The Morgan fingerprint density at radius 1 is 1.53 bits per heavy atom. The largest absolute Gasteiger partial charge is 0.488 e. The summed E-state index contributed by atoms with van der Waals surface area (Å²) in [5, 5.41) is 9.62. The van der Waals surface area contributed by atoms with E-state index in [-0.39, 0.29) is 18.8 Å². The number of nitrogens with zero attached hydrogens (tertiary/aromatic N) is 1. The van der Waals surface area contributed by atoms with Crippen molar-refractivity contribution in [3.63, 3.8) is 0 Å². The highest BCUT2D eigenvalue weighted by atomic mass is 35.5. The Morgan fingerprint density at radius 3 is 2.89 bits per heavy atom. The number of halogens is 1. The van der Waals surface area contributed by atoms with Crippen LogP contribution in [-0.4, -0.2) is 48.4 Å². The van der Waals surface area contributed by atoms with E-state index in [0.717, 1.165) is 42.4 Å². The van der Waals surface area contributed by atoms with Crippen molar-refractivity contribution in [2.45, 2.75) is 25.5 Å². The van der Waals surface area contributed by atoms with Gasteiger partial charge in [-0.3, -0.25) is 4.90 Å². The lowest BCUT2D eigenvalue weighted by Gasteiger charge is -2.39. The number of aliphatic hydroxyl groups is 1. The minimum absolute atomic E-state index is 0.0534. The highest BCUT2D eigenvalue weighted by molar-refractivity contribution is 6.31. The van der Waals surface area contributed by atoms with Gasteiger partial charge in [-0.05, 0) is 37.1 Å². The van der Waals surface area contributed by atoms with Crippen LogP contribution in [0, 0.1) is 6.92 Å². The lowest BCUT2D eigenvalue weighted by atomic mass is 10.1. The molecular formula is C14H21ClN2O2. The molecule has 0 bridgehead atoms. The van der Waals surface area contributed by atoms with Gasteiger partial charge < -0.3 is 15.6 Å². The Labute approximate surface area is 119 Å². The summed E-state index contributed by atoms with van der Waals surface area (Å²) >= 11 is 5.98. The number of likely N-dealkylation sites (tertiary alicyclic amines) is 1. The van der Waals surface area contributed by atoms with E-state index in [1.54, 1.807) is 0 Å². The summed E-state index contributed by atoms with van der Waals surface area (Å²) in [6.45, 7) is 4.78. The quantitative estimate of drug-likeness (QED) is 0.829. The van der Waals surface area contributed by atoms with Crippen molar-refractivity contribution in [3.05, 3.63) is 28.8 Å². The average Bonchev–Trinajstić information content (AvgIpc) is 2.35. The molecule has 1 aromatic carbocycles. The van der Waals surface area contributed by atoms with Gasteiger partial charge in [0.25, 0.3) is 0 Å². The van der Waals surface area contributed by atoms with Crippen LogP contribution in [0.25, 0.3) is 0 Å². The third-order valence-corrected chi connectivity index (χ3v) is 3.83. The zero-order valence-electron chi connectivity index (χ0n) is 11.2. The number of nitrogens with two attached hydrogens (primary N) is 1. The van der Waals surface area contributed by atoms with Crippen molar-refractivity contribution in [2.75, 3.05) is 26.2 Å². The van der Waals surface area contributed by atoms with Gasteiger partial charge in [0.15, 0.2) is 0 Å². The number of benzene rings is 1. The number of aliphatic hydroxyl groups excluding tert-OH is 1. The van der Waals surface area contributed by atoms with E-state index >= 15 is 0 Å². The van der Waals surface area contributed by atoms with Crippen LogP contribution in [0.2, 0.25) is 5.02 Å². The van der Waals surface area contributed by atoms with Crippen LogP contribution in [0.15, 0.2) is 18.2 Å². The van der Waals surface area contributed by atoms with E-state index in [9.17, 15) is 0 Å². The van der Waals surface area contributed by atoms with Crippen LogP contribution in [0.3, 0.4) is 0 Å². The van der Waals surface area contributed by atoms with Gasteiger partial charge in [0.05, 0.1) is 6.61 Å². The normalized spacial score (nSPS) is 18.1. The van der Waals surface area contributed by atoms with Crippen molar-refractivity contribution < 1.29 is 9.84 Å². The fourth-order valence-electron chi connectivity index (χ4n) is 2.10. The number of hydrogen-bond donors (Lipinski definition) is 2. The zero-order chi connectivity index (χ0) is 13.8. The first-order valence-corrected chi connectivity index (χ1v) is 6.98. The number of ether oxygens (including phenoxy) is 1. The van der Waals surface area contributed by atoms with Gasteiger partial charge in [0, 0.05) is 30.7 Å². The molecule has 0 aromatic heterocycles. The van der Waals surface area contributed by atoms with Gasteiger partial charge in [-0.1, -0.05) is 11.6 Å². The minimum atomic E-state index is -0.112. The second-order valence-corrected chi connectivity index (χ2v) is 5.55. The second-order valence-electron chi connectivity index (χ2n) is 5.14. The van der Waals surface area contributed by atoms with Crippen molar-refractivity contribution in [1.29, 1.82) is 0 Å². The highest BCUT2D eigenvalue weighted by Crippen LogP contribution is 2.23. The Hall–Kier alpha value is -0.810. The zero-order valence-corrected chi connectivity index (χ0v) is 11.9. The molecule has 1 heterocycles. The number of hydrogen-bond acceptors (Lipinski definition) is 4. The molecular weight excluding hydrogens is 264 g/mol. The van der Waals surface area contributed by atoms with Crippen LogP contribution in [0.1, 0.15) is 12.0 Å². The first-order chi connectivity index (χ1) is 9.08. The summed E-state index contributed by atoms with van der Waals surface area (Å²) in [5.74, 6) is 0.874. The first-order valence-electron chi connectivity index (χ1n) is 6.60. The van der Waals surface area contributed by atoms with Crippen molar-refractivity contribution >= 4 is 11.6 Å². The molecule has 0 unspecified atom stereocenters. The van der Waals surface area contributed by atoms with Gasteiger partial charge in [-0.25, -0.2) is 0 Å². The van der Waals surface area contributed by atoms with Crippen LogP contribution >= 0.6 is 11.6 Å². The molecule has 0 radical (unpaired) electrons. The first kappa shape index (κ1) is 14.6. The number of aryl methyl sites for hydroxylation is 1. The van der Waals surface area contributed by atoms with E-state index in [1.807, 2.05) is 25.1 Å². The third kappa shape index (κ3) is 4.08. The predicted octanol–water partition coefficient (Wildman–Crippen LogP) is 1.42. The van der Waals surface area contributed by atoms with E-state index in [1.165, 1.54) is 0 Å². The van der Waals surface area contributed by atoms with Crippen molar-refractivity contribution in [3.8, 4) is 5.75 Å². The maximum Gasteiger partial charge on any atom is 0.124 e. The summed E-state index contributed by atoms with van der Waals surface area (Å²) in [6.07, 6.45) is 1.06. The molecule has 1 aromatic rings. The van der Waals surface area contributed by atoms with E-state index < -0.39 is 0 Å². The van der Waals surface area contributed by atoms with Crippen molar-refractivity contribution in [1.82, 2.24) is 4.90 Å². The van der Waals surface area contributed by atoms with Crippen LogP contribution in [0.4, 0.5) is 0 Å². The molecule has 2 rings (SSSR count). The molecule has 106 valence electrons. The standard InChI is InChI=1S/C14H21ClN2O2/c1-10-6-12(2-3-14(10)15)19-13-7-17(8-13)5-4-11(16)9-18/h2-3,6,11,13,18H,4-5,7-9,16H2,1H3/t11-/m0/s1. The van der Waals surface area contributed by atoms with Gasteiger partial charge in [-0.2, -0.15) is 0 Å². The maximum absolute atomic E-state index is 8.85. The fourth-order valence-corrected chi connectivity index (χ4v) is 2.22. The molecule has 1 fully saturated rings. The third-order valence-electron chi connectivity index (χ3n) is 3.41. The molecule has 1 aliphatic rings. The summed E-state index contributed by atoms with van der Waals surface area (Å²) in [4.78, 5) is 2.28. The van der Waals surface area contributed by atoms with E-state index in [0.29, 0.717) is 0 Å². The summed E-state index contributed by atoms with van der Waals surface area (Å²) < 4.78 is 5.87. The van der Waals surface area contributed by atoms with Gasteiger partial charge in [-0.15, -0.1) is 0 Å². The monoisotopic (exact) mass is 284 g/mol. The lowest BCUT2D eigenvalue weighted by Crippen LogP contribution is -2.54. The maximum atomic E-state index is 8.85. The molecule has 4 nitrogen and oxygen atoms in total. The fraction of sp³-hybridized carbons (Fsp3) is 0.571. The molecule has 1 aliphatic heterocycles. The average molecular weight is 285 g/mol. The SMILES string of the molecule is Cc1cc(OC2CN(CC[C@H](N)CO)C2)ccc1Cl. The van der Waals surface area contributed by atoms with Gasteiger partial charge in [0.2, 0.25) is 0 Å². The van der Waals surface area contributed by atoms with Crippen LogP contribution in [0.5, 0.6) is 5.75 Å². The van der Waals surface area contributed by atoms with Crippen LogP contribution < -0.4 is 10.5 Å². The van der Waals surface area contributed by atoms with Gasteiger partial charge >= 0.3 is 0 Å². The Bertz CT molecular complexity index is 422. The summed E-state index contributed by atoms with van der Waals surface area (Å²) in [7, 11) is 0. The lowest BCUT2D eigenvalue weighted by molar-refractivity contribution is 0.0174. The predicted molar refractivity (Wildman–Crippen MR) is 76.7 cm³/mol. The molecule has 3 N–H and O–H groups in total. The molecule has 1 saturated heterocycles. The Kier molecular flexibility index (Phi) is 5.05. The molecule has 19 heavy (non-hydrogen) atoms. The Morgan fingerprint density at radius 2 is 2.26 bits per heavy atom. The second kappa shape index (κ2) is 6.57. The molecule has 0 spiro atoms. The Balaban J connectivity index is 1.71. The molecule has 0 saturated carbocycles. The number of rotatable bonds is 6. The van der Waals surface area contributed by atoms with Crippen molar-refractivity contribution in [2.24, 2.45) is 5.73 Å².